The highest BCUT2D eigenvalue weighted by atomic mass is 32.2. The number of sulfonamides is 1. The summed E-state index contributed by atoms with van der Waals surface area (Å²) in [6.07, 6.45) is 5.31. The number of hydrogen-bond donors (Lipinski definition) is 1. The average molecular weight is 394 g/mol. The molecule has 0 saturated heterocycles. The maximum absolute atomic E-state index is 12.4. The molecule has 6 heteroatoms. The van der Waals surface area contributed by atoms with Crippen LogP contribution in [0.1, 0.15) is 42.7 Å². The Hall–Kier alpha value is -2.73. The molecule has 1 N–H and O–H groups in total. The first kappa shape index (κ1) is 18.6. The van der Waals surface area contributed by atoms with Crippen LogP contribution in [0.25, 0.3) is 10.9 Å². The minimum absolute atomic E-state index is 0.236. The van der Waals surface area contributed by atoms with Crippen molar-refractivity contribution in [2.24, 2.45) is 5.10 Å². The van der Waals surface area contributed by atoms with Gasteiger partial charge in [0.25, 0.3) is 10.0 Å². The lowest BCUT2D eigenvalue weighted by Gasteiger charge is -2.24. The van der Waals surface area contributed by atoms with Crippen molar-refractivity contribution in [3.63, 3.8) is 0 Å². The average Bonchev–Trinajstić information content (AvgIpc) is 2.73. The van der Waals surface area contributed by atoms with Crippen molar-refractivity contribution < 1.29 is 8.42 Å². The second-order valence-electron chi connectivity index (χ2n) is 7.28. The van der Waals surface area contributed by atoms with Crippen molar-refractivity contribution in [2.75, 3.05) is 0 Å². The van der Waals surface area contributed by atoms with Crippen LogP contribution in [0.2, 0.25) is 0 Å². The summed E-state index contributed by atoms with van der Waals surface area (Å²) in [6, 6.07) is 17.1. The van der Waals surface area contributed by atoms with Crippen LogP contribution in [0.15, 0.2) is 70.8 Å². The van der Waals surface area contributed by atoms with E-state index in [-0.39, 0.29) is 4.90 Å². The van der Waals surface area contributed by atoms with E-state index < -0.39 is 10.0 Å². The summed E-state index contributed by atoms with van der Waals surface area (Å²) in [7, 11) is -3.62. The minimum atomic E-state index is -3.62. The number of hydrazone groups is 1. The van der Waals surface area contributed by atoms with Gasteiger partial charge in [0.2, 0.25) is 0 Å². The van der Waals surface area contributed by atoms with E-state index in [1.165, 1.54) is 10.9 Å². The number of nitrogens with one attached hydrogen (secondary N) is 1. The van der Waals surface area contributed by atoms with E-state index in [1.807, 2.05) is 25.3 Å². The second kappa shape index (κ2) is 7.72. The summed E-state index contributed by atoms with van der Waals surface area (Å²) < 4.78 is 24.8. The zero-order valence-corrected chi connectivity index (χ0v) is 16.6. The predicted octanol–water partition coefficient (Wildman–Crippen LogP) is 4.54. The maximum Gasteiger partial charge on any atom is 0.276 e. The van der Waals surface area contributed by atoms with Crippen LogP contribution in [0.3, 0.4) is 0 Å². The van der Waals surface area contributed by atoms with Gasteiger partial charge < -0.3 is 0 Å². The third-order valence-corrected chi connectivity index (χ3v) is 6.56. The molecule has 1 heterocycles. The summed E-state index contributed by atoms with van der Waals surface area (Å²) in [4.78, 5) is 7.08. The number of pyridine rings is 1. The smallest absolute Gasteiger partial charge is 0.256 e. The topological polar surface area (TPSA) is 71.4 Å². The number of fused-ring (bicyclic) bond motifs is 1. The Balaban J connectivity index is 1.44. The van der Waals surface area contributed by atoms with Crippen LogP contribution in [0, 0.1) is 6.92 Å². The molecule has 0 radical (unpaired) electrons. The van der Waals surface area contributed by atoms with Gasteiger partial charge in [0, 0.05) is 17.3 Å². The molecule has 0 spiro atoms. The lowest BCUT2D eigenvalue weighted by molar-refractivity contribution is 0.563. The molecule has 0 aliphatic heterocycles. The minimum Gasteiger partial charge on any atom is -0.256 e. The quantitative estimate of drug-likeness (QED) is 0.662. The number of aryl methyl sites for hydroxylation is 1. The Bertz CT molecular complexity index is 1110. The van der Waals surface area contributed by atoms with Gasteiger partial charge in [-0.2, -0.15) is 13.5 Å². The number of benzene rings is 2. The van der Waals surface area contributed by atoms with Crippen LogP contribution in [-0.4, -0.2) is 19.1 Å². The normalized spacial score (nSPS) is 17.5. The molecular formula is C22H23N3O2S. The fourth-order valence-corrected chi connectivity index (χ4v) is 4.60. The molecule has 4 rings (SSSR count). The molecule has 1 aliphatic carbocycles. The molecule has 1 aliphatic rings. The van der Waals surface area contributed by atoms with Crippen LogP contribution in [0.4, 0.5) is 0 Å². The van der Waals surface area contributed by atoms with E-state index >= 15 is 0 Å². The summed E-state index contributed by atoms with van der Waals surface area (Å²) in [5.41, 5.74) is 4.27. The molecular weight excluding hydrogens is 370 g/mol. The monoisotopic (exact) mass is 393 g/mol. The first-order chi connectivity index (χ1) is 13.5. The SMILES string of the molecule is Cc1ccc(S(=O)(=O)NN=C2CCC(c3cccc4ncccc34)CC2)cc1. The molecule has 1 aromatic heterocycles. The lowest BCUT2D eigenvalue weighted by Crippen LogP contribution is -2.22. The van der Waals surface area contributed by atoms with Gasteiger partial charge in [0.1, 0.15) is 0 Å². The van der Waals surface area contributed by atoms with Gasteiger partial charge in [-0.25, -0.2) is 4.83 Å². The number of nitrogens with zero attached hydrogens (tertiary/aromatic N) is 2. The maximum atomic E-state index is 12.4. The van der Waals surface area contributed by atoms with Crippen molar-refractivity contribution in [1.29, 1.82) is 0 Å². The molecule has 0 atom stereocenters. The zero-order valence-electron chi connectivity index (χ0n) is 15.8. The Kier molecular flexibility index (Phi) is 5.13. The molecule has 2 aromatic carbocycles. The molecule has 28 heavy (non-hydrogen) atoms. The highest BCUT2D eigenvalue weighted by Crippen LogP contribution is 2.35. The number of rotatable bonds is 4. The van der Waals surface area contributed by atoms with E-state index in [1.54, 1.807) is 24.3 Å². The Morgan fingerprint density at radius 3 is 2.50 bits per heavy atom. The van der Waals surface area contributed by atoms with Crippen molar-refractivity contribution >= 4 is 26.6 Å². The molecule has 3 aromatic rings. The van der Waals surface area contributed by atoms with Gasteiger partial charge in [0.15, 0.2) is 0 Å². The third-order valence-electron chi connectivity index (χ3n) is 5.34. The van der Waals surface area contributed by atoms with Crippen LogP contribution < -0.4 is 4.83 Å². The second-order valence-corrected chi connectivity index (χ2v) is 8.94. The van der Waals surface area contributed by atoms with E-state index in [2.05, 4.69) is 33.1 Å². The summed E-state index contributed by atoms with van der Waals surface area (Å²) in [5.74, 6) is 0.445. The molecule has 1 fully saturated rings. The van der Waals surface area contributed by atoms with Gasteiger partial charge in [-0.15, -0.1) is 0 Å². The summed E-state index contributed by atoms with van der Waals surface area (Å²) in [5, 5.41) is 5.41. The summed E-state index contributed by atoms with van der Waals surface area (Å²) >= 11 is 0. The Morgan fingerprint density at radius 1 is 1.00 bits per heavy atom. The van der Waals surface area contributed by atoms with E-state index in [0.29, 0.717) is 5.92 Å². The predicted molar refractivity (Wildman–Crippen MR) is 112 cm³/mol. The number of hydrogen-bond acceptors (Lipinski definition) is 4. The van der Waals surface area contributed by atoms with Crippen LogP contribution in [0.5, 0.6) is 0 Å². The molecule has 144 valence electrons. The largest absolute Gasteiger partial charge is 0.276 e. The fraction of sp³-hybridized carbons (Fsp3) is 0.273. The first-order valence-corrected chi connectivity index (χ1v) is 11.0. The van der Waals surface area contributed by atoms with Crippen LogP contribution in [-0.2, 0) is 10.0 Å². The van der Waals surface area contributed by atoms with Gasteiger partial charge in [0.05, 0.1) is 10.4 Å². The van der Waals surface area contributed by atoms with Crippen molar-refractivity contribution in [3.05, 3.63) is 71.9 Å². The van der Waals surface area contributed by atoms with E-state index in [0.717, 1.165) is 42.5 Å². The van der Waals surface area contributed by atoms with Crippen molar-refractivity contribution in [3.8, 4) is 0 Å². The Labute approximate surface area is 165 Å². The van der Waals surface area contributed by atoms with Gasteiger partial charge in [-0.3, -0.25) is 4.98 Å². The van der Waals surface area contributed by atoms with Crippen molar-refractivity contribution in [1.82, 2.24) is 9.82 Å². The Morgan fingerprint density at radius 2 is 1.75 bits per heavy atom. The molecule has 0 amide bonds. The van der Waals surface area contributed by atoms with E-state index in [4.69, 9.17) is 0 Å². The number of aromatic nitrogens is 1. The van der Waals surface area contributed by atoms with E-state index in [9.17, 15) is 8.42 Å². The van der Waals surface area contributed by atoms with Crippen molar-refractivity contribution in [2.45, 2.75) is 43.4 Å². The van der Waals surface area contributed by atoms with Gasteiger partial charge in [-0.1, -0.05) is 35.9 Å². The highest BCUT2D eigenvalue weighted by molar-refractivity contribution is 7.89. The highest BCUT2D eigenvalue weighted by Gasteiger charge is 2.22. The molecule has 0 unspecified atom stereocenters. The standard InChI is InChI=1S/C22H23N3O2S/c1-16-7-13-19(14-8-16)28(26,27)25-24-18-11-9-17(10-12-18)20-4-2-6-22-21(20)5-3-15-23-22/h2-8,13-15,17,25H,9-12H2,1H3. The zero-order chi connectivity index (χ0) is 19.6. The fourth-order valence-electron chi connectivity index (χ4n) is 3.75. The first-order valence-electron chi connectivity index (χ1n) is 9.50. The lowest BCUT2D eigenvalue weighted by atomic mass is 9.82. The molecule has 5 nitrogen and oxygen atoms in total. The molecule has 1 saturated carbocycles. The summed E-state index contributed by atoms with van der Waals surface area (Å²) in [6.45, 7) is 1.93. The van der Waals surface area contributed by atoms with Crippen LogP contribution >= 0.6 is 0 Å². The molecule has 0 bridgehead atoms. The van der Waals surface area contributed by atoms with Gasteiger partial charge >= 0.3 is 0 Å². The third kappa shape index (κ3) is 3.92. The van der Waals surface area contributed by atoms with Gasteiger partial charge in [-0.05, 0) is 68.4 Å².